The third kappa shape index (κ3) is 6.75. The van der Waals surface area contributed by atoms with Gasteiger partial charge in [0.1, 0.15) is 0 Å². The molecule has 4 bridgehead atoms. The molecule has 4 aliphatic heterocycles. The summed E-state index contributed by atoms with van der Waals surface area (Å²) in [7, 11) is 2.76. The minimum Gasteiger partial charge on any atom is -0.343 e. The van der Waals surface area contributed by atoms with Crippen molar-refractivity contribution in [2.24, 2.45) is 0 Å². The van der Waals surface area contributed by atoms with E-state index < -0.39 is 36.1 Å². The summed E-state index contributed by atoms with van der Waals surface area (Å²) in [5.41, 5.74) is 6.63. The fourth-order valence-electron chi connectivity index (χ4n) is 9.94. The minimum atomic E-state index is -0.677. The van der Waals surface area contributed by atoms with Gasteiger partial charge in [0.25, 0.3) is 0 Å². The van der Waals surface area contributed by atoms with Gasteiger partial charge in [-0.05, 0) is 50.3 Å². The summed E-state index contributed by atoms with van der Waals surface area (Å²) in [6, 6.07) is 34.6. The van der Waals surface area contributed by atoms with Crippen LogP contribution in [0.15, 0.2) is 97.1 Å². The van der Waals surface area contributed by atoms with E-state index in [2.05, 4.69) is 145 Å². The maximum Gasteiger partial charge on any atom is 2.00 e. The summed E-state index contributed by atoms with van der Waals surface area (Å²) in [4.78, 5) is 0. The fourth-order valence-corrected chi connectivity index (χ4v) is 14.6. The maximum absolute atomic E-state index is 7.18. The standard InChI is InChI=1S/C38H51O3P2.C5H5.Fe/c1-32(2,3)43(33(4,5)6)22-28-21-29(26-17-13-11-14-18-26)30(27-19-15-12-16-20-27)31(28)38(25-42)34(7)23-36(9)40-35(38,8)24-37(10,39-34)41-36;1-2-4-5-3-1;/h11-21H,22-25,42H2,1-10H3;1-5H;/q2*-1;+2. The molecule has 4 aromatic rings. The Kier molecular flexibility index (Phi) is 10.6. The van der Waals surface area contributed by atoms with Gasteiger partial charge in [-0.15, -0.1) is 38.6 Å². The van der Waals surface area contributed by atoms with Crippen LogP contribution in [0.2, 0.25) is 0 Å². The molecule has 4 heterocycles. The zero-order valence-electron chi connectivity index (χ0n) is 31.2. The smallest absolute Gasteiger partial charge is 0.343 e. The van der Waals surface area contributed by atoms with Crippen molar-refractivity contribution in [1.29, 1.82) is 0 Å². The second kappa shape index (κ2) is 13.4. The van der Waals surface area contributed by atoms with Crippen molar-refractivity contribution in [2.45, 2.75) is 127 Å². The van der Waals surface area contributed by atoms with E-state index in [1.54, 1.807) is 0 Å². The van der Waals surface area contributed by atoms with Gasteiger partial charge in [0.2, 0.25) is 0 Å². The van der Waals surface area contributed by atoms with E-state index >= 15 is 0 Å². The van der Waals surface area contributed by atoms with Gasteiger partial charge in [-0.2, -0.15) is 18.2 Å². The molecule has 8 rings (SSSR count). The van der Waals surface area contributed by atoms with E-state index in [0.29, 0.717) is 12.8 Å². The van der Waals surface area contributed by atoms with E-state index in [1.807, 2.05) is 30.3 Å². The third-order valence-electron chi connectivity index (χ3n) is 11.0. The zero-order chi connectivity index (χ0) is 34.8. The van der Waals surface area contributed by atoms with Crippen molar-refractivity contribution >= 4 is 17.2 Å². The SMILES string of the molecule is CC12CC3(C)OC(C)(CC(C)(O1)C3(CP)c1c(CP(C(C)(C)C)C(C)(C)C)cc(-c3ccccc3)[c-]1-c1ccccc1)O2.[Fe+2].c1cc[cH-]c1. The molecule has 4 saturated heterocycles. The first-order chi connectivity index (χ1) is 22.4. The number of ether oxygens (including phenoxy) is 3. The van der Waals surface area contributed by atoms with Crippen LogP contribution in [-0.4, -0.2) is 39.3 Å². The number of benzene rings is 2. The Hall–Kier alpha value is -1.60. The average Bonchev–Trinajstić information content (AvgIpc) is 3.66. The van der Waals surface area contributed by atoms with E-state index in [4.69, 9.17) is 14.2 Å². The minimum absolute atomic E-state index is 0. The van der Waals surface area contributed by atoms with E-state index in [-0.39, 0.29) is 27.4 Å². The molecule has 264 valence electrons. The molecule has 4 aliphatic rings. The number of hydrogen-bond acceptors (Lipinski definition) is 3. The maximum atomic E-state index is 7.18. The van der Waals surface area contributed by atoms with Crippen molar-refractivity contribution in [3.63, 3.8) is 0 Å². The molecule has 0 radical (unpaired) electrons. The van der Waals surface area contributed by atoms with Gasteiger partial charge < -0.3 is 14.2 Å². The molecule has 0 aliphatic carbocycles. The average molecular weight is 739 g/mol. The van der Waals surface area contributed by atoms with Crippen LogP contribution in [0.1, 0.15) is 93.2 Å². The largest absolute Gasteiger partial charge is 2.00 e. The second-order valence-corrected chi connectivity index (χ2v) is 21.2. The van der Waals surface area contributed by atoms with Crippen LogP contribution in [0, 0.1) is 0 Å². The van der Waals surface area contributed by atoms with Crippen LogP contribution < -0.4 is 0 Å². The summed E-state index contributed by atoms with van der Waals surface area (Å²) >= 11 is 0. The topological polar surface area (TPSA) is 27.7 Å². The normalized spacial score (nSPS) is 30.5. The van der Waals surface area contributed by atoms with Gasteiger partial charge in [-0.25, -0.2) is 12.1 Å². The summed E-state index contributed by atoms with van der Waals surface area (Å²) in [6.45, 7) is 23.5. The third-order valence-corrected chi connectivity index (χ3v) is 15.5. The Morgan fingerprint density at radius 2 is 1.22 bits per heavy atom. The van der Waals surface area contributed by atoms with Gasteiger partial charge in [0.05, 0.1) is 11.2 Å². The number of hydrogen-bond donors (Lipinski definition) is 0. The molecule has 4 aromatic carbocycles. The van der Waals surface area contributed by atoms with Crippen molar-refractivity contribution in [3.8, 4) is 22.3 Å². The Labute approximate surface area is 310 Å². The Balaban J connectivity index is 0.000000717. The molecule has 5 atom stereocenters. The van der Waals surface area contributed by atoms with Crippen LogP contribution in [-0.2, 0) is 42.9 Å². The monoisotopic (exact) mass is 738 g/mol. The summed E-state index contributed by atoms with van der Waals surface area (Å²) in [6.07, 6.45) is 3.26. The van der Waals surface area contributed by atoms with Gasteiger partial charge in [0.15, 0.2) is 11.6 Å². The summed E-state index contributed by atoms with van der Waals surface area (Å²) in [5, 5.41) is 0.380. The Bertz CT molecular complexity index is 1620. The number of rotatable bonds is 6. The molecule has 49 heavy (non-hydrogen) atoms. The van der Waals surface area contributed by atoms with E-state index in [9.17, 15) is 0 Å². The van der Waals surface area contributed by atoms with E-state index in [1.165, 1.54) is 33.4 Å². The zero-order valence-corrected chi connectivity index (χ0v) is 34.3. The van der Waals surface area contributed by atoms with Crippen LogP contribution in [0.4, 0.5) is 0 Å². The van der Waals surface area contributed by atoms with Gasteiger partial charge >= 0.3 is 17.1 Å². The molecule has 0 amide bonds. The Morgan fingerprint density at radius 3 is 1.65 bits per heavy atom. The first-order valence-electron chi connectivity index (χ1n) is 17.6. The van der Waals surface area contributed by atoms with Crippen LogP contribution >= 0.6 is 17.2 Å². The van der Waals surface area contributed by atoms with Crippen LogP contribution in [0.5, 0.6) is 0 Å². The Morgan fingerprint density at radius 1 is 0.735 bits per heavy atom. The van der Waals surface area contributed by atoms with Gasteiger partial charge in [-0.3, -0.25) is 0 Å². The second-order valence-electron chi connectivity index (χ2n) is 17.0. The molecule has 0 spiro atoms. The fraction of sp³-hybridized carbons (Fsp3) is 0.488. The molecule has 0 N–H and O–H groups in total. The molecule has 5 unspecified atom stereocenters. The molecular formula is C43H56FeO3P2. The van der Waals surface area contributed by atoms with Crippen molar-refractivity contribution in [2.75, 3.05) is 6.16 Å². The van der Waals surface area contributed by atoms with Crippen molar-refractivity contribution in [3.05, 3.63) is 108 Å². The molecule has 4 fully saturated rings. The molecule has 0 saturated carbocycles. The van der Waals surface area contributed by atoms with Gasteiger partial charge in [-0.1, -0.05) is 120 Å². The molecule has 0 aromatic heterocycles. The first kappa shape index (κ1) is 38.6. The summed E-state index contributed by atoms with van der Waals surface area (Å²) in [5.74, 6) is -1.35. The molecular weight excluding hydrogens is 682 g/mol. The first-order valence-corrected chi connectivity index (χ1v) is 19.9. The van der Waals surface area contributed by atoms with Crippen LogP contribution in [0.3, 0.4) is 0 Å². The molecule has 6 heteroatoms. The quantitative estimate of drug-likeness (QED) is 0.112. The predicted molar refractivity (Wildman–Crippen MR) is 207 cm³/mol. The van der Waals surface area contributed by atoms with Gasteiger partial charge in [0, 0.05) is 18.3 Å². The predicted octanol–water partition coefficient (Wildman–Crippen LogP) is 11.7. The molecule has 3 nitrogen and oxygen atoms in total. The van der Waals surface area contributed by atoms with E-state index in [0.717, 1.165) is 12.3 Å². The summed E-state index contributed by atoms with van der Waals surface area (Å²) < 4.78 is 20.9. The van der Waals surface area contributed by atoms with Crippen molar-refractivity contribution < 1.29 is 31.3 Å². The van der Waals surface area contributed by atoms with Crippen LogP contribution in [0.25, 0.3) is 22.3 Å². The van der Waals surface area contributed by atoms with Crippen molar-refractivity contribution in [1.82, 2.24) is 0 Å².